The highest BCUT2D eigenvalue weighted by atomic mass is 16.5. The molecule has 0 radical (unpaired) electrons. The quantitative estimate of drug-likeness (QED) is 0.115. The van der Waals surface area contributed by atoms with Gasteiger partial charge in [-0.1, -0.05) is 57.6 Å². The molecule has 0 aliphatic carbocycles. The van der Waals surface area contributed by atoms with Gasteiger partial charge in [0.1, 0.15) is 18.8 Å². The third-order valence-corrected chi connectivity index (χ3v) is 5.09. The molecule has 0 aliphatic heterocycles. The van der Waals surface area contributed by atoms with E-state index in [1.165, 1.54) is 38.5 Å². The third-order valence-electron chi connectivity index (χ3n) is 5.09. The molecule has 0 spiro atoms. The number of unbranched alkanes of at least 4 members (excludes halogenated alkanes) is 8. The molecule has 0 saturated heterocycles. The Bertz CT molecular complexity index is 428. The number of rotatable bonds is 22. The van der Waals surface area contributed by atoms with Crippen LogP contribution in [0.15, 0.2) is 12.2 Å². The van der Waals surface area contributed by atoms with Crippen molar-refractivity contribution in [2.75, 3.05) is 26.4 Å². The van der Waals surface area contributed by atoms with Crippen molar-refractivity contribution in [2.45, 2.75) is 109 Å². The maximum Gasteiger partial charge on any atom is 0.305 e. The van der Waals surface area contributed by atoms with E-state index in [-0.39, 0.29) is 32.3 Å². The Kier molecular flexibility index (Phi) is 21.5. The lowest BCUT2D eigenvalue weighted by Crippen LogP contribution is -2.26. The number of hydrogen-bond donors (Lipinski definition) is 4. The van der Waals surface area contributed by atoms with E-state index in [0.29, 0.717) is 6.42 Å². The van der Waals surface area contributed by atoms with Crippen LogP contribution >= 0.6 is 0 Å². The van der Waals surface area contributed by atoms with Crippen molar-refractivity contribution < 1.29 is 34.7 Å². The smallest absolute Gasteiger partial charge is 0.305 e. The van der Waals surface area contributed by atoms with Crippen LogP contribution in [-0.4, -0.2) is 71.1 Å². The first-order chi connectivity index (χ1) is 15.0. The SMILES string of the molecule is CCCCCCCC/C=C\CCCCC(CCC(=O)OCC(O)CO)OCC(O)CO. The monoisotopic (exact) mass is 446 g/mol. The summed E-state index contributed by atoms with van der Waals surface area (Å²) in [7, 11) is 0. The second kappa shape index (κ2) is 22.2. The maximum absolute atomic E-state index is 11.8. The van der Waals surface area contributed by atoms with Gasteiger partial charge in [0.2, 0.25) is 0 Å². The average molecular weight is 447 g/mol. The Balaban J connectivity index is 4.00. The van der Waals surface area contributed by atoms with E-state index in [9.17, 15) is 15.0 Å². The van der Waals surface area contributed by atoms with Gasteiger partial charge in [-0.25, -0.2) is 0 Å². The second-order valence-corrected chi connectivity index (χ2v) is 8.16. The summed E-state index contributed by atoms with van der Waals surface area (Å²) < 4.78 is 10.6. The maximum atomic E-state index is 11.8. The molecule has 3 atom stereocenters. The van der Waals surface area contributed by atoms with Crippen molar-refractivity contribution in [3.8, 4) is 0 Å². The van der Waals surface area contributed by atoms with Gasteiger partial charge in [0.25, 0.3) is 0 Å². The van der Waals surface area contributed by atoms with E-state index in [0.717, 1.165) is 32.1 Å². The van der Waals surface area contributed by atoms with Crippen LogP contribution in [0.25, 0.3) is 0 Å². The van der Waals surface area contributed by atoms with Crippen molar-refractivity contribution in [3.05, 3.63) is 12.2 Å². The Morgan fingerprint density at radius 1 is 0.806 bits per heavy atom. The first kappa shape index (κ1) is 30.0. The van der Waals surface area contributed by atoms with Crippen LogP contribution in [0.3, 0.4) is 0 Å². The molecule has 7 nitrogen and oxygen atoms in total. The summed E-state index contributed by atoms with van der Waals surface area (Å²) in [6, 6.07) is 0. The topological polar surface area (TPSA) is 116 Å². The Morgan fingerprint density at radius 2 is 1.39 bits per heavy atom. The standard InChI is InChI=1S/C24H46O7/c1-2-3-4-5-6-7-8-9-10-11-12-13-14-23(30-19-21(27)17-25)15-16-24(29)31-20-22(28)18-26/h9-10,21-23,25-28H,2-8,11-20H2,1H3/b10-9-. The molecule has 0 fully saturated rings. The van der Waals surface area contributed by atoms with Crippen molar-refractivity contribution in [2.24, 2.45) is 0 Å². The predicted molar refractivity (Wildman–Crippen MR) is 122 cm³/mol. The van der Waals surface area contributed by atoms with Crippen LogP contribution in [0.1, 0.15) is 90.4 Å². The second-order valence-electron chi connectivity index (χ2n) is 8.16. The van der Waals surface area contributed by atoms with Crippen molar-refractivity contribution in [1.29, 1.82) is 0 Å². The highest BCUT2D eigenvalue weighted by molar-refractivity contribution is 5.69. The first-order valence-electron chi connectivity index (χ1n) is 12.0. The molecule has 0 aromatic rings. The van der Waals surface area contributed by atoms with Gasteiger partial charge in [0.05, 0.1) is 25.9 Å². The minimum atomic E-state index is -1.06. The van der Waals surface area contributed by atoms with Gasteiger partial charge in [-0.2, -0.15) is 0 Å². The molecule has 0 rings (SSSR count). The number of hydrogen-bond acceptors (Lipinski definition) is 7. The summed E-state index contributed by atoms with van der Waals surface area (Å²) in [5.41, 5.74) is 0. The van der Waals surface area contributed by atoms with Gasteiger partial charge in [0.15, 0.2) is 0 Å². The molecule has 0 aromatic heterocycles. The van der Waals surface area contributed by atoms with Crippen LogP contribution in [0.5, 0.6) is 0 Å². The van der Waals surface area contributed by atoms with E-state index < -0.39 is 24.8 Å². The molecule has 184 valence electrons. The average Bonchev–Trinajstić information content (AvgIpc) is 2.78. The molecule has 3 unspecified atom stereocenters. The number of aliphatic hydroxyl groups is 4. The molecule has 0 aromatic carbocycles. The fraction of sp³-hybridized carbons (Fsp3) is 0.875. The number of carbonyl (C=O) groups is 1. The largest absolute Gasteiger partial charge is 0.463 e. The lowest BCUT2D eigenvalue weighted by Gasteiger charge is -2.19. The van der Waals surface area contributed by atoms with Crippen LogP contribution in [0, 0.1) is 0 Å². The van der Waals surface area contributed by atoms with Gasteiger partial charge >= 0.3 is 5.97 Å². The summed E-state index contributed by atoms with van der Waals surface area (Å²) >= 11 is 0. The minimum absolute atomic E-state index is 0.0254. The zero-order valence-corrected chi connectivity index (χ0v) is 19.4. The zero-order chi connectivity index (χ0) is 23.2. The van der Waals surface area contributed by atoms with Gasteiger partial charge in [0, 0.05) is 6.42 Å². The Morgan fingerprint density at radius 3 is 2.03 bits per heavy atom. The van der Waals surface area contributed by atoms with Crippen molar-refractivity contribution in [1.82, 2.24) is 0 Å². The van der Waals surface area contributed by atoms with Gasteiger partial charge in [-0.15, -0.1) is 0 Å². The summed E-state index contributed by atoms with van der Waals surface area (Å²) in [6.07, 6.45) is 15.7. The molecule has 31 heavy (non-hydrogen) atoms. The first-order valence-corrected chi connectivity index (χ1v) is 12.0. The summed E-state index contributed by atoms with van der Waals surface area (Å²) in [4.78, 5) is 11.8. The van der Waals surface area contributed by atoms with E-state index in [1.807, 2.05) is 0 Å². The summed E-state index contributed by atoms with van der Waals surface area (Å²) in [5, 5.41) is 36.4. The molecular formula is C24H46O7. The number of esters is 1. The van der Waals surface area contributed by atoms with Crippen LogP contribution in [0.2, 0.25) is 0 Å². The van der Waals surface area contributed by atoms with Crippen LogP contribution < -0.4 is 0 Å². The molecule has 0 bridgehead atoms. The number of aliphatic hydroxyl groups excluding tert-OH is 4. The number of carbonyl (C=O) groups excluding carboxylic acids is 1. The Labute approximate surface area is 188 Å². The van der Waals surface area contributed by atoms with Gasteiger partial charge in [-0.3, -0.25) is 4.79 Å². The van der Waals surface area contributed by atoms with Crippen LogP contribution in [-0.2, 0) is 14.3 Å². The van der Waals surface area contributed by atoms with Gasteiger partial charge in [-0.05, 0) is 38.5 Å². The highest BCUT2D eigenvalue weighted by Crippen LogP contribution is 2.14. The minimum Gasteiger partial charge on any atom is -0.463 e. The highest BCUT2D eigenvalue weighted by Gasteiger charge is 2.15. The summed E-state index contributed by atoms with van der Waals surface area (Å²) in [5.74, 6) is -0.457. The molecule has 4 N–H and O–H groups in total. The van der Waals surface area contributed by atoms with E-state index in [4.69, 9.17) is 19.7 Å². The fourth-order valence-electron chi connectivity index (χ4n) is 3.12. The van der Waals surface area contributed by atoms with Crippen molar-refractivity contribution >= 4 is 5.97 Å². The lowest BCUT2D eigenvalue weighted by molar-refractivity contribution is -0.148. The molecule has 0 heterocycles. The van der Waals surface area contributed by atoms with Crippen molar-refractivity contribution in [3.63, 3.8) is 0 Å². The Hall–Kier alpha value is -0.990. The molecular weight excluding hydrogens is 400 g/mol. The van der Waals surface area contributed by atoms with Crippen LogP contribution in [0.4, 0.5) is 0 Å². The fourth-order valence-corrected chi connectivity index (χ4v) is 3.12. The lowest BCUT2D eigenvalue weighted by atomic mass is 10.1. The van der Waals surface area contributed by atoms with E-state index in [1.54, 1.807) is 0 Å². The normalized spacial score (nSPS) is 14.6. The van der Waals surface area contributed by atoms with E-state index >= 15 is 0 Å². The zero-order valence-electron chi connectivity index (χ0n) is 19.4. The summed E-state index contributed by atoms with van der Waals surface area (Å²) in [6.45, 7) is 1.21. The van der Waals surface area contributed by atoms with Gasteiger partial charge < -0.3 is 29.9 Å². The molecule has 0 amide bonds. The number of allylic oxidation sites excluding steroid dienone is 2. The predicted octanol–water partition coefficient (Wildman–Crippen LogP) is 3.27. The molecule has 7 heteroatoms. The van der Waals surface area contributed by atoms with E-state index in [2.05, 4.69) is 19.1 Å². The third kappa shape index (κ3) is 20.7. The molecule has 0 saturated carbocycles. The number of ether oxygens (including phenoxy) is 2. The molecule has 0 aliphatic rings.